The van der Waals surface area contributed by atoms with Crippen LogP contribution in [0.2, 0.25) is 0 Å². The first-order chi connectivity index (χ1) is 15.6. The van der Waals surface area contributed by atoms with Crippen LogP contribution < -0.4 is 5.32 Å². The Kier molecular flexibility index (Phi) is 7.02. The SMILES string of the molecule is CCC(C(=O)Nc1sc(-c2ccccc2)c(C)c1C(=O)N1CCOCC1)c1ccccc1. The molecule has 2 amide bonds. The van der Waals surface area contributed by atoms with Gasteiger partial charge in [-0.15, -0.1) is 11.3 Å². The van der Waals surface area contributed by atoms with Crippen molar-refractivity contribution in [3.63, 3.8) is 0 Å². The minimum absolute atomic E-state index is 0.0488. The molecule has 2 heterocycles. The van der Waals surface area contributed by atoms with Gasteiger partial charge in [0.2, 0.25) is 5.91 Å². The van der Waals surface area contributed by atoms with Crippen LogP contribution in [0.15, 0.2) is 60.7 Å². The summed E-state index contributed by atoms with van der Waals surface area (Å²) in [6.07, 6.45) is 0.679. The lowest BCUT2D eigenvalue weighted by atomic mass is 9.95. The van der Waals surface area contributed by atoms with E-state index in [1.54, 1.807) is 0 Å². The highest BCUT2D eigenvalue weighted by Crippen LogP contribution is 2.41. The molecule has 1 saturated heterocycles. The summed E-state index contributed by atoms with van der Waals surface area (Å²) in [5, 5.41) is 3.73. The number of carbonyl (C=O) groups excluding carboxylic acids is 2. The van der Waals surface area contributed by atoms with Crippen molar-refractivity contribution in [2.24, 2.45) is 0 Å². The number of rotatable bonds is 6. The summed E-state index contributed by atoms with van der Waals surface area (Å²) in [5.74, 6) is -0.409. The molecule has 166 valence electrons. The highest BCUT2D eigenvalue weighted by molar-refractivity contribution is 7.20. The zero-order chi connectivity index (χ0) is 22.5. The maximum atomic E-state index is 13.5. The maximum absolute atomic E-state index is 13.5. The molecule has 0 spiro atoms. The van der Waals surface area contributed by atoms with Gasteiger partial charge >= 0.3 is 0 Å². The van der Waals surface area contributed by atoms with Crippen LogP contribution in [0, 0.1) is 6.92 Å². The molecule has 1 N–H and O–H groups in total. The van der Waals surface area contributed by atoms with Crippen molar-refractivity contribution < 1.29 is 14.3 Å². The third kappa shape index (κ3) is 4.61. The lowest BCUT2D eigenvalue weighted by Gasteiger charge is -2.27. The Bertz CT molecular complexity index is 1070. The first kappa shape index (κ1) is 22.2. The van der Waals surface area contributed by atoms with E-state index in [9.17, 15) is 9.59 Å². The summed E-state index contributed by atoms with van der Waals surface area (Å²) in [4.78, 5) is 29.6. The second-order valence-corrected chi connectivity index (χ2v) is 8.91. The molecular weight excluding hydrogens is 420 g/mol. The number of morpholine rings is 1. The van der Waals surface area contributed by atoms with Gasteiger partial charge < -0.3 is 15.0 Å². The van der Waals surface area contributed by atoms with Crippen LogP contribution in [0.4, 0.5) is 5.00 Å². The fraction of sp³-hybridized carbons (Fsp3) is 0.308. The first-order valence-corrected chi connectivity index (χ1v) is 11.8. The molecule has 4 rings (SSSR count). The van der Waals surface area contributed by atoms with Gasteiger partial charge in [0.15, 0.2) is 0 Å². The molecule has 6 heteroatoms. The molecule has 1 fully saturated rings. The van der Waals surface area contributed by atoms with Crippen LogP contribution in [0.1, 0.15) is 40.7 Å². The Morgan fingerprint density at radius 3 is 2.28 bits per heavy atom. The van der Waals surface area contributed by atoms with Gasteiger partial charge in [0.25, 0.3) is 5.91 Å². The van der Waals surface area contributed by atoms with Crippen LogP contribution in [-0.2, 0) is 9.53 Å². The molecule has 3 aromatic rings. The predicted octanol–water partition coefficient (Wildman–Crippen LogP) is 5.33. The fourth-order valence-corrected chi connectivity index (χ4v) is 5.31. The third-order valence-corrected chi connectivity index (χ3v) is 7.11. The van der Waals surface area contributed by atoms with Crippen LogP contribution in [0.25, 0.3) is 10.4 Å². The number of hydrogen-bond donors (Lipinski definition) is 1. The monoisotopic (exact) mass is 448 g/mol. The van der Waals surface area contributed by atoms with Crippen molar-refractivity contribution in [2.45, 2.75) is 26.2 Å². The van der Waals surface area contributed by atoms with Crippen molar-refractivity contribution >= 4 is 28.2 Å². The smallest absolute Gasteiger partial charge is 0.257 e. The topological polar surface area (TPSA) is 58.6 Å². The summed E-state index contributed by atoms with van der Waals surface area (Å²) in [6.45, 7) is 6.17. The molecule has 1 aromatic heterocycles. The van der Waals surface area contributed by atoms with E-state index in [2.05, 4.69) is 5.32 Å². The molecule has 32 heavy (non-hydrogen) atoms. The Balaban J connectivity index is 1.71. The molecule has 1 aliphatic rings. The van der Waals surface area contributed by atoms with Crippen LogP contribution >= 0.6 is 11.3 Å². The van der Waals surface area contributed by atoms with E-state index < -0.39 is 0 Å². The van der Waals surface area contributed by atoms with Crippen LogP contribution in [0.3, 0.4) is 0 Å². The van der Waals surface area contributed by atoms with Gasteiger partial charge in [-0.2, -0.15) is 0 Å². The maximum Gasteiger partial charge on any atom is 0.257 e. The molecule has 1 atom stereocenters. The van der Waals surface area contributed by atoms with Gasteiger partial charge in [-0.25, -0.2) is 0 Å². The molecule has 0 radical (unpaired) electrons. The van der Waals surface area contributed by atoms with E-state index in [1.165, 1.54) is 11.3 Å². The summed E-state index contributed by atoms with van der Waals surface area (Å²) in [5.41, 5.74) is 3.51. The number of anilines is 1. The molecule has 0 aliphatic carbocycles. The van der Waals surface area contributed by atoms with E-state index in [0.717, 1.165) is 21.6 Å². The molecule has 1 aliphatic heterocycles. The Labute approximate surface area is 193 Å². The van der Waals surface area contributed by atoms with Crippen molar-refractivity contribution in [2.75, 3.05) is 31.6 Å². The summed E-state index contributed by atoms with van der Waals surface area (Å²) in [6, 6.07) is 19.8. The number of nitrogens with one attached hydrogen (secondary N) is 1. The second-order valence-electron chi connectivity index (χ2n) is 7.89. The number of hydrogen-bond acceptors (Lipinski definition) is 4. The van der Waals surface area contributed by atoms with E-state index in [4.69, 9.17) is 4.74 Å². The van der Waals surface area contributed by atoms with Crippen molar-refractivity contribution in [3.8, 4) is 10.4 Å². The highest BCUT2D eigenvalue weighted by atomic mass is 32.1. The predicted molar refractivity (Wildman–Crippen MR) is 129 cm³/mol. The van der Waals surface area contributed by atoms with Crippen LogP contribution in [-0.4, -0.2) is 43.0 Å². The van der Waals surface area contributed by atoms with Crippen molar-refractivity contribution in [1.29, 1.82) is 0 Å². The van der Waals surface area contributed by atoms with Crippen molar-refractivity contribution in [3.05, 3.63) is 77.4 Å². The Hall–Kier alpha value is -2.96. The van der Waals surface area contributed by atoms with E-state index >= 15 is 0 Å². The average Bonchev–Trinajstić information content (AvgIpc) is 3.16. The van der Waals surface area contributed by atoms with E-state index in [-0.39, 0.29) is 17.7 Å². The van der Waals surface area contributed by atoms with Crippen molar-refractivity contribution in [1.82, 2.24) is 4.90 Å². The number of ether oxygens (including phenoxy) is 1. The minimum Gasteiger partial charge on any atom is -0.378 e. The fourth-order valence-electron chi connectivity index (χ4n) is 4.11. The summed E-state index contributed by atoms with van der Waals surface area (Å²) >= 11 is 1.47. The Morgan fingerprint density at radius 1 is 1.03 bits per heavy atom. The molecule has 1 unspecified atom stereocenters. The van der Waals surface area contributed by atoms with Gasteiger partial charge in [0, 0.05) is 18.0 Å². The van der Waals surface area contributed by atoms with E-state index in [1.807, 2.05) is 79.4 Å². The molecular formula is C26H28N2O3S. The first-order valence-electron chi connectivity index (χ1n) is 11.0. The normalized spacial score (nSPS) is 14.8. The molecule has 2 aromatic carbocycles. The number of carbonyl (C=O) groups is 2. The zero-order valence-corrected chi connectivity index (χ0v) is 19.3. The lowest BCUT2D eigenvalue weighted by Crippen LogP contribution is -2.41. The lowest BCUT2D eigenvalue weighted by molar-refractivity contribution is -0.117. The minimum atomic E-state index is -0.273. The number of thiophene rings is 1. The third-order valence-electron chi connectivity index (χ3n) is 5.86. The molecule has 0 bridgehead atoms. The van der Waals surface area contributed by atoms with Gasteiger partial charge in [-0.1, -0.05) is 67.6 Å². The molecule has 0 saturated carbocycles. The molecule has 5 nitrogen and oxygen atoms in total. The second kappa shape index (κ2) is 10.1. The van der Waals surface area contributed by atoms with Gasteiger partial charge in [-0.05, 0) is 30.0 Å². The van der Waals surface area contributed by atoms with Crippen LogP contribution in [0.5, 0.6) is 0 Å². The highest BCUT2D eigenvalue weighted by Gasteiger charge is 2.29. The number of nitrogens with zero attached hydrogens (tertiary/aromatic N) is 1. The summed E-state index contributed by atoms with van der Waals surface area (Å²) in [7, 11) is 0. The quantitative estimate of drug-likeness (QED) is 0.555. The summed E-state index contributed by atoms with van der Waals surface area (Å²) < 4.78 is 5.42. The van der Waals surface area contributed by atoms with Gasteiger partial charge in [-0.3, -0.25) is 9.59 Å². The zero-order valence-electron chi connectivity index (χ0n) is 18.5. The number of benzene rings is 2. The van der Waals surface area contributed by atoms with E-state index in [0.29, 0.717) is 43.3 Å². The largest absolute Gasteiger partial charge is 0.378 e. The Morgan fingerprint density at radius 2 is 1.66 bits per heavy atom. The van der Waals surface area contributed by atoms with Gasteiger partial charge in [0.1, 0.15) is 5.00 Å². The standard InChI is InChI=1S/C26H28N2O3S/c1-3-21(19-10-6-4-7-11-19)24(29)27-25-22(26(30)28-14-16-31-17-15-28)18(2)23(32-25)20-12-8-5-9-13-20/h4-13,21H,3,14-17H2,1-2H3,(H,27,29). The number of amides is 2. The average molecular weight is 449 g/mol. The van der Waals surface area contributed by atoms with Gasteiger partial charge in [0.05, 0.1) is 24.7 Å².